The van der Waals surface area contributed by atoms with Gasteiger partial charge in [0, 0.05) is 20.2 Å². The molecule has 2 N–H and O–H groups in total. The van der Waals surface area contributed by atoms with Gasteiger partial charge < -0.3 is 20.1 Å². The van der Waals surface area contributed by atoms with Crippen LogP contribution < -0.4 is 10.6 Å². The van der Waals surface area contributed by atoms with Crippen LogP contribution in [-0.2, 0) is 16.0 Å². The summed E-state index contributed by atoms with van der Waals surface area (Å²) in [5.41, 5.74) is 1.38. The molecule has 0 saturated carbocycles. The van der Waals surface area contributed by atoms with E-state index in [1.807, 2.05) is 0 Å². The van der Waals surface area contributed by atoms with E-state index in [2.05, 4.69) is 15.4 Å². The quantitative estimate of drug-likeness (QED) is 0.593. The monoisotopic (exact) mass is 266 g/mol. The molecule has 2 amide bonds. The van der Waals surface area contributed by atoms with Gasteiger partial charge in [-0.2, -0.15) is 0 Å². The predicted molar refractivity (Wildman–Crippen MR) is 69.9 cm³/mol. The maximum Gasteiger partial charge on any atom is 0.337 e. The molecule has 6 nitrogen and oxygen atoms in total. The van der Waals surface area contributed by atoms with Crippen molar-refractivity contribution in [3.8, 4) is 0 Å². The predicted octanol–water partition coefficient (Wildman–Crippen LogP) is 0.919. The second-order valence-corrected chi connectivity index (χ2v) is 3.79. The van der Waals surface area contributed by atoms with Crippen molar-refractivity contribution >= 4 is 12.0 Å². The van der Waals surface area contributed by atoms with Gasteiger partial charge >= 0.3 is 12.0 Å². The van der Waals surface area contributed by atoms with E-state index in [1.54, 1.807) is 31.4 Å². The number of hydrogen-bond acceptors (Lipinski definition) is 4. The summed E-state index contributed by atoms with van der Waals surface area (Å²) in [5.74, 6) is -0.378. The molecule has 0 saturated heterocycles. The number of amides is 2. The first-order valence-corrected chi connectivity index (χ1v) is 5.85. The number of benzene rings is 1. The molecule has 0 atom stereocenters. The van der Waals surface area contributed by atoms with Crippen molar-refractivity contribution in [3.05, 3.63) is 35.4 Å². The third-order valence-corrected chi connectivity index (χ3v) is 2.42. The van der Waals surface area contributed by atoms with Gasteiger partial charge in [0.15, 0.2) is 0 Å². The summed E-state index contributed by atoms with van der Waals surface area (Å²) in [6.07, 6.45) is 0. The average molecular weight is 266 g/mol. The number of nitrogens with one attached hydrogen (secondary N) is 2. The van der Waals surface area contributed by atoms with Crippen LogP contribution in [0.1, 0.15) is 15.9 Å². The van der Waals surface area contributed by atoms with E-state index < -0.39 is 0 Å². The van der Waals surface area contributed by atoms with Crippen LogP contribution in [0, 0.1) is 0 Å². The first-order chi connectivity index (χ1) is 9.17. The number of urea groups is 1. The normalized spacial score (nSPS) is 9.79. The van der Waals surface area contributed by atoms with Crippen LogP contribution in [-0.4, -0.2) is 39.4 Å². The van der Waals surface area contributed by atoms with Gasteiger partial charge in [0.25, 0.3) is 0 Å². The second-order valence-electron chi connectivity index (χ2n) is 3.79. The lowest BCUT2D eigenvalue weighted by Gasteiger charge is -2.07. The molecule has 0 fully saturated rings. The fourth-order valence-corrected chi connectivity index (χ4v) is 1.39. The molecular formula is C13H18N2O4. The number of carbonyl (C=O) groups excluding carboxylic acids is 2. The molecule has 0 heterocycles. The Balaban J connectivity index is 2.37. The van der Waals surface area contributed by atoms with E-state index in [4.69, 9.17) is 4.74 Å². The summed E-state index contributed by atoms with van der Waals surface area (Å²) in [6.45, 7) is 1.32. The first kappa shape index (κ1) is 15.0. The molecule has 19 heavy (non-hydrogen) atoms. The van der Waals surface area contributed by atoms with Crippen molar-refractivity contribution in [1.29, 1.82) is 0 Å². The highest BCUT2D eigenvalue weighted by atomic mass is 16.5. The van der Waals surface area contributed by atoms with E-state index in [-0.39, 0.29) is 12.0 Å². The van der Waals surface area contributed by atoms with Gasteiger partial charge in [-0.1, -0.05) is 12.1 Å². The van der Waals surface area contributed by atoms with Crippen LogP contribution in [0.25, 0.3) is 0 Å². The first-order valence-electron chi connectivity index (χ1n) is 5.85. The zero-order valence-corrected chi connectivity index (χ0v) is 11.1. The smallest absolute Gasteiger partial charge is 0.337 e. The highest BCUT2D eigenvalue weighted by Gasteiger charge is 2.05. The Labute approximate surface area is 112 Å². The summed E-state index contributed by atoms with van der Waals surface area (Å²) < 4.78 is 9.41. The van der Waals surface area contributed by atoms with Crippen LogP contribution in [0.5, 0.6) is 0 Å². The topological polar surface area (TPSA) is 76.7 Å². The molecule has 1 aromatic carbocycles. The third-order valence-electron chi connectivity index (χ3n) is 2.42. The molecule has 1 aromatic rings. The Hall–Kier alpha value is -2.08. The Morgan fingerprint density at radius 3 is 2.37 bits per heavy atom. The molecule has 0 spiro atoms. The fraction of sp³-hybridized carbons (Fsp3) is 0.385. The van der Waals surface area contributed by atoms with Gasteiger partial charge in [-0.25, -0.2) is 9.59 Å². The van der Waals surface area contributed by atoms with Crippen LogP contribution in [0.3, 0.4) is 0 Å². The zero-order valence-electron chi connectivity index (χ0n) is 11.1. The lowest BCUT2D eigenvalue weighted by molar-refractivity contribution is 0.0600. The second kappa shape index (κ2) is 8.10. The van der Waals surface area contributed by atoms with Crippen molar-refractivity contribution < 1.29 is 19.1 Å². The van der Waals surface area contributed by atoms with Crippen LogP contribution >= 0.6 is 0 Å². The summed E-state index contributed by atoms with van der Waals surface area (Å²) in [6, 6.07) is 6.59. The number of carbonyl (C=O) groups is 2. The van der Waals surface area contributed by atoms with Crippen LogP contribution in [0.2, 0.25) is 0 Å². The standard InChI is InChI=1S/C13H18N2O4/c1-18-8-7-14-13(17)15-9-10-3-5-11(6-4-10)12(16)19-2/h3-6H,7-9H2,1-2H3,(H2,14,15,17). The molecule has 0 aliphatic heterocycles. The zero-order chi connectivity index (χ0) is 14.1. The number of methoxy groups -OCH3 is 2. The molecule has 0 unspecified atom stereocenters. The average Bonchev–Trinajstić information content (AvgIpc) is 2.45. The van der Waals surface area contributed by atoms with Crippen LogP contribution in [0.4, 0.5) is 4.79 Å². The molecule has 0 aliphatic carbocycles. The van der Waals surface area contributed by atoms with Crippen LogP contribution in [0.15, 0.2) is 24.3 Å². The summed E-state index contributed by atoms with van der Waals surface area (Å²) in [7, 11) is 2.91. The molecule has 0 aliphatic rings. The minimum Gasteiger partial charge on any atom is -0.465 e. The lowest BCUT2D eigenvalue weighted by atomic mass is 10.1. The fourth-order valence-electron chi connectivity index (χ4n) is 1.39. The molecule has 0 aromatic heterocycles. The number of hydrogen-bond donors (Lipinski definition) is 2. The molecule has 104 valence electrons. The molecule has 1 rings (SSSR count). The minimum absolute atomic E-state index is 0.255. The Morgan fingerprint density at radius 2 is 1.79 bits per heavy atom. The van der Waals surface area contributed by atoms with E-state index in [0.29, 0.717) is 25.3 Å². The lowest BCUT2D eigenvalue weighted by Crippen LogP contribution is -2.36. The van der Waals surface area contributed by atoms with E-state index in [9.17, 15) is 9.59 Å². The minimum atomic E-state index is -0.378. The maximum absolute atomic E-state index is 11.4. The van der Waals surface area contributed by atoms with E-state index >= 15 is 0 Å². The van der Waals surface area contributed by atoms with E-state index in [0.717, 1.165) is 5.56 Å². The van der Waals surface area contributed by atoms with Gasteiger partial charge in [0.2, 0.25) is 0 Å². The highest BCUT2D eigenvalue weighted by Crippen LogP contribution is 2.05. The maximum atomic E-state index is 11.4. The molecule has 6 heteroatoms. The number of esters is 1. The Bertz CT molecular complexity index is 417. The molecule has 0 bridgehead atoms. The van der Waals surface area contributed by atoms with Gasteiger partial charge in [-0.3, -0.25) is 0 Å². The summed E-state index contributed by atoms with van der Waals surface area (Å²) in [4.78, 5) is 22.6. The Kier molecular flexibility index (Phi) is 6.38. The van der Waals surface area contributed by atoms with Crippen molar-refractivity contribution in [3.63, 3.8) is 0 Å². The number of rotatable bonds is 6. The summed E-state index contributed by atoms with van der Waals surface area (Å²) >= 11 is 0. The van der Waals surface area contributed by atoms with E-state index in [1.165, 1.54) is 7.11 Å². The SMILES string of the molecule is COCCNC(=O)NCc1ccc(C(=O)OC)cc1. The van der Waals surface area contributed by atoms with Gasteiger partial charge in [-0.05, 0) is 17.7 Å². The molecular weight excluding hydrogens is 248 g/mol. The van der Waals surface area contributed by atoms with Crippen molar-refractivity contribution in [2.24, 2.45) is 0 Å². The van der Waals surface area contributed by atoms with Crippen molar-refractivity contribution in [2.45, 2.75) is 6.54 Å². The Morgan fingerprint density at radius 1 is 1.11 bits per heavy atom. The van der Waals surface area contributed by atoms with Gasteiger partial charge in [0.05, 0.1) is 19.3 Å². The largest absolute Gasteiger partial charge is 0.465 e. The van der Waals surface area contributed by atoms with Gasteiger partial charge in [-0.15, -0.1) is 0 Å². The highest BCUT2D eigenvalue weighted by molar-refractivity contribution is 5.89. The summed E-state index contributed by atoms with van der Waals surface area (Å²) in [5, 5.41) is 5.34. The van der Waals surface area contributed by atoms with Crippen molar-refractivity contribution in [2.75, 3.05) is 27.4 Å². The van der Waals surface area contributed by atoms with Gasteiger partial charge in [0.1, 0.15) is 0 Å². The van der Waals surface area contributed by atoms with Crippen molar-refractivity contribution in [1.82, 2.24) is 10.6 Å². The third kappa shape index (κ3) is 5.39. The molecule has 0 radical (unpaired) electrons. The number of ether oxygens (including phenoxy) is 2.